The van der Waals surface area contributed by atoms with E-state index < -0.39 is 39.7 Å². The number of amides is 2. The van der Waals surface area contributed by atoms with Crippen molar-refractivity contribution in [1.29, 1.82) is 0 Å². The van der Waals surface area contributed by atoms with Gasteiger partial charge in [0.2, 0.25) is 21.8 Å². The molecule has 46 heavy (non-hydrogen) atoms. The summed E-state index contributed by atoms with van der Waals surface area (Å²) in [6, 6.07) is 30.9. The van der Waals surface area contributed by atoms with Gasteiger partial charge in [-0.05, 0) is 59.3 Å². The predicted molar refractivity (Wildman–Crippen MR) is 177 cm³/mol. The summed E-state index contributed by atoms with van der Waals surface area (Å²) in [5.41, 5.74) is 1.98. The molecule has 2 heterocycles. The van der Waals surface area contributed by atoms with Crippen LogP contribution in [0.25, 0.3) is 0 Å². The highest BCUT2D eigenvalue weighted by molar-refractivity contribution is 14.1. The van der Waals surface area contributed by atoms with Gasteiger partial charge >= 0.3 is 5.97 Å². The zero-order valence-corrected chi connectivity index (χ0v) is 27.7. The van der Waals surface area contributed by atoms with Crippen LogP contribution in [0.3, 0.4) is 0 Å². The first kappa shape index (κ1) is 31.6. The van der Waals surface area contributed by atoms with Gasteiger partial charge in [0.25, 0.3) is 5.85 Å². The summed E-state index contributed by atoms with van der Waals surface area (Å²) in [6.45, 7) is 1.59. The number of imide groups is 1. The summed E-state index contributed by atoms with van der Waals surface area (Å²) in [6.07, 6.45) is -0.202. The van der Waals surface area contributed by atoms with Crippen molar-refractivity contribution >= 4 is 50.4 Å². The first-order valence-electron chi connectivity index (χ1n) is 14.5. The van der Waals surface area contributed by atoms with Crippen LogP contribution < -0.4 is 0 Å². The van der Waals surface area contributed by atoms with E-state index in [9.17, 15) is 22.8 Å². The maximum Gasteiger partial charge on any atom is 0.338 e. The second kappa shape index (κ2) is 12.8. The van der Waals surface area contributed by atoms with Crippen LogP contribution >= 0.6 is 22.6 Å². The van der Waals surface area contributed by atoms with E-state index in [1.165, 1.54) is 12.1 Å². The largest absolute Gasteiger partial charge is 0.457 e. The van der Waals surface area contributed by atoms with Crippen molar-refractivity contribution in [2.75, 3.05) is 6.61 Å². The molecular formula is C35H29IN2O7S. The molecule has 0 aromatic heterocycles. The molecule has 0 N–H and O–H groups in total. The summed E-state index contributed by atoms with van der Waals surface area (Å²) in [5.74, 6) is -3.83. The van der Waals surface area contributed by atoms with E-state index in [2.05, 4.69) is 0 Å². The van der Waals surface area contributed by atoms with Crippen LogP contribution in [0.5, 0.6) is 0 Å². The van der Waals surface area contributed by atoms with Gasteiger partial charge in [-0.3, -0.25) is 9.59 Å². The van der Waals surface area contributed by atoms with Gasteiger partial charge in [0, 0.05) is 18.4 Å². The molecule has 2 saturated heterocycles. The van der Waals surface area contributed by atoms with Crippen LogP contribution in [0, 0.1) is 6.92 Å². The summed E-state index contributed by atoms with van der Waals surface area (Å²) >= 11 is 1.97. The van der Waals surface area contributed by atoms with Gasteiger partial charge in [0.15, 0.2) is 0 Å². The Bertz CT molecular complexity index is 1900. The average molecular weight is 749 g/mol. The second-order valence-corrected chi connectivity index (χ2v) is 14.0. The molecular weight excluding hydrogens is 719 g/mol. The van der Waals surface area contributed by atoms with Crippen LogP contribution in [0.1, 0.15) is 45.9 Å². The van der Waals surface area contributed by atoms with Crippen LogP contribution in [0.2, 0.25) is 0 Å². The number of esters is 1. The summed E-state index contributed by atoms with van der Waals surface area (Å²) in [5, 5.41) is 0. The fraction of sp³-hybridized carbons (Fsp3) is 0.171. The van der Waals surface area contributed by atoms with Gasteiger partial charge < -0.3 is 9.47 Å². The molecule has 0 spiro atoms. The lowest BCUT2D eigenvalue weighted by Crippen LogP contribution is -2.59. The van der Waals surface area contributed by atoms with Crippen molar-refractivity contribution in [3.8, 4) is 0 Å². The highest BCUT2D eigenvalue weighted by Crippen LogP contribution is 2.56. The number of nitrogens with zero attached hydrogens (tertiary/aromatic N) is 2. The lowest BCUT2D eigenvalue weighted by atomic mass is 10.0. The summed E-state index contributed by atoms with van der Waals surface area (Å²) < 4.78 is 43.9. The first-order valence-corrected chi connectivity index (χ1v) is 17.0. The molecule has 0 saturated carbocycles. The average Bonchev–Trinajstić information content (AvgIpc) is 3.62. The topological polar surface area (TPSA) is 110 Å². The molecule has 6 rings (SSSR count). The smallest absolute Gasteiger partial charge is 0.338 e. The third-order valence-corrected chi connectivity index (χ3v) is 10.5. The van der Waals surface area contributed by atoms with Crippen LogP contribution in [0.15, 0.2) is 129 Å². The quantitative estimate of drug-likeness (QED) is 0.120. The number of sulfonamides is 1. The molecule has 4 aromatic carbocycles. The lowest BCUT2D eigenvalue weighted by Gasteiger charge is -2.42. The zero-order chi connectivity index (χ0) is 32.5. The van der Waals surface area contributed by atoms with Crippen LogP contribution in [-0.4, -0.2) is 42.0 Å². The van der Waals surface area contributed by atoms with Crippen LogP contribution in [-0.2, 0) is 34.9 Å². The van der Waals surface area contributed by atoms with E-state index in [1.807, 2.05) is 29.5 Å². The normalized spacial score (nSPS) is 21.3. The van der Waals surface area contributed by atoms with Crippen molar-refractivity contribution in [1.82, 2.24) is 9.21 Å². The van der Waals surface area contributed by atoms with Crippen molar-refractivity contribution in [3.63, 3.8) is 0 Å². The highest BCUT2D eigenvalue weighted by Gasteiger charge is 2.66. The minimum Gasteiger partial charge on any atom is -0.457 e. The fourth-order valence-corrected chi connectivity index (χ4v) is 7.99. The molecule has 11 heteroatoms. The third kappa shape index (κ3) is 5.63. The Morgan fingerprint density at radius 2 is 1.39 bits per heavy atom. The molecule has 0 bridgehead atoms. The Hall–Kier alpha value is -4.33. The van der Waals surface area contributed by atoms with E-state index in [1.54, 1.807) is 103 Å². The summed E-state index contributed by atoms with van der Waals surface area (Å²) in [4.78, 5) is 41.0. The maximum atomic E-state index is 15.0. The van der Waals surface area contributed by atoms with Crippen molar-refractivity contribution in [3.05, 3.63) is 147 Å². The number of hydrogen-bond donors (Lipinski definition) is 0. The zero-order valence-electron chi connectivity index (χ0n) is 24.7. The second-order valence-electron chi connectivity index (χ2n) is 10.8. The molecule has 2 fully saturated rings. The monoisotopic (exact) mass is 748 g/mol. The molecule has 0 unspecified atom stereocenters. The van der Waals surface area contributed by atoms with Crippen molar-refractivity contribution in [2.45, 2.75) is 36.6 Å². The molecule has 2 amide bonds. The molecule has 0 aliphatic carbocycles. The van der Waals surface area contributed by atoms with E-state index in [0.717, 1.165) is 14.8 Å². The molecule has 2 aliphatic heterocycles. The van der Waals surface area contributed by atoms with E-state index in [-0.39, 0.29) is 35.7 Å². The van der Waals surface area contributed by atoms with Gasteiger partial charge in [0.05, 0.1) is 14.0 Å². The molecule has 4 aromatic rings. The maximum absolute atomic E-state index is 15.0. The van der Waals surface area contributed by atoms with Gasteiger partial charge in [-0.25, -0.2) is 18.1 Å². The number of carbonyl (C=O) groups excluding carboxylic acids is 3. The van der Waals surface area contributed by atoms with Gasteiger partial charge in [-0.2, -0.15) is 0 Å². The molecule has 2 atom stereocenters. The Balaban J connectivity index is 1.61. The van der Waals surface area contributed by atoms with E-state index in [4.69, 9.17) is 9.47 Å². The number of ether oxygens (including phenoxy) is 2. The Morgan fingerprint density at radius 3 is 1.98 bits per heavy atom. The number of carbonyl (C=O) groups is 3. The van der Waals surface area contributed by atoms with Gasteiger partial charge in [-0.1, -0.05) is 96.6 Å². The number of rotatable bonds is 8. The Morgan fingerprint density at radius 1 is 0.848 bits per heavy atom. The minimum atomic E-state index is -4.52. The minimum absolute atomic E-state index is 0.0474. The van der Waals surface area contributed by atoms with Gasteiger partial charge in [-0.15, -0.1) is 4.31 Å². The van der Waals surface area contributed by atoms with Crippen LogP contribution in [0.4, 0.5) is 0 Å². The Kier molecular flexibility index (Phi) is 8.82. The van der Waals surface area contributed by atoms with Crippen molar-refractivity contribution in [2.24, 2.45) is 0 Å². The molecule has 9 nitrogen and oxygen atoms in total. The van der Waals surface area contributed by atoms with E-state index >= 15 is 0 Å². The van der Waals surface area contributed by atoms with Crippen molar-refractivity contribution < 1.29 is 32.3 Å². The molecule has 0 radical (unpaired) electrons. The number of benzene rings is 4. The number of aryl methyl sites for hydroxylation is 1. The number of hydrogen-bond acceptors (Lipinski definition) is 7. The molecule has 234 valence electrons. The predicted octanol–water partition coefficient (Wildman–Crippen LogP) is 6.22. The number of likely N-dealkylation sites (tertiary alicyclic amines) is 1. The lowest BCUT2D eigenvalue weighted by molar-refractivity contribution is -0.186. The fourth-order valence-electron chi connectivity index (χ4n) is 5.67. The SMILES string of the molecule is Cc1ccc(S(=O)(=O)N2[C@@H](c3ccccc3)/C(=C(\I)COC(=O)c3ccccc3)O[C@]2(c2ccccc2)N2C(=O)CCC2=O)cc1. The summed E-state index contributed by atoms with van der Waals surface area (Å²) in [7, 11) is -4.52. The molecule has 2 aliphatic rings. The number of halogens is 1. The first-order chi connectivity index (χ1) is 22.1. The Labute approximate surface area is 280 Å². The van der Waals surface area contributed by atoms with E-state index in [0.29, 0.717) is 14.7 Å². The standard InChI is InChI=1S/C35H29IN2O7S/c1-24-17-19-28(20-18-24)46(42,43)38-32(25-11-5-2-6-12-25)33(29(36)23-44-34(41)26-13-7-3-8-14-26)45-35(38,27-15-9-4-10-16-27)37-30(39)21-22-31(37)40/h2-20,32H,21-23H2,1H3/b33-29+/t32-,35+/m0/s1. The third-order valence-electron chi connectivity index (χ3n) is 7.84. The van der Waals surface area contributed by atoms with Gasteiger partial charge in [0.1, 0.15) is 18.4 Å². The highest BCUT2D eigenvalue weighted by atomic mass is 127.